The second kappa shape index (κ2) is 8.15. The Morgan fingerprint density at radius 2 is 0.957 bits per heavy atom. The van der Waals surface area contributed by atoms with Crippen LogP contribution in [0.4, 0.5) is 0 Å². The quantitative estimate of drug-likeness (QED) is 0.234. The Bertz CT molecular complexity index is 352. The van der Waals surface area contributed by atoms with E-state index in [0.29, 0.717) is 0 Å². The van der Waals surface area contributed by atoms with Gasteiger partial charge in [-0.15, -0.1) is 0 Å². The lowest BCUT2D eigenvalue weighted by atomic mass is 9.98. The molecule has 0 bridgehead atoms. The van der Waals surface area contributed by atoms with Crippen LogP contribution in [0.2, 0.25) is 0 Å². The van der Waals surface area contributed by atoms with E-state index < -0.39 is 61.4 Å². The number of aliphatic hydroxyl groups is 6. The van der Waals surface area contributed by atoms with Gasteiger partial charge in [0.25, 0.3) is 0 Å². The molecule has 0 aromatic heterocycles. The maximum atomic E-state index is 9.93. The molecule has 2 fully saturated rings. The monoisotopic (exact) mass is 374 g/mol. The van der Waals surface area contributed by atoms with Crippen LogP contribution in [0.3, 0.4) is 0 Å². The number of rotatable bonds is 4. The molecule has 0 aliphatic carbocycles. The third kappa shape index (κ3) is 3.96. The van der Waals surface area contributed by atoms with E-state index in [1.807, 2.05) is 0 Å². The second-order valence-electron chi connectivity index (χ2n) is 5.53. The van der Waals surface area contributed by atoms with Gasteiger partial charge in [-0.3, -0.25) is 0 Å². The van der Waals surface area contributed by atoms with Gasteiger partial charge in [-0.2, -0.15) is 25.3 Å². The molecule has 0 aromatic rings. The van der Waals surface area contributed by atoms with Crippen LogP contribution in [0.15, 0.2) is 0 Å². The zero-order valence-corrected chi connectivity index (χ0v) is 13.8. The third-order valence-corrected chi connectivity index (χ3v) is 4.68. The Morgan fingerprint density at radius 3 is 1.26 bits per heavy atom. The molecule has 0 radical (unpaired) electrons. The van der Waals surface area contributed by atoms with Gasteiger partial charge in [0.15, 0.2) is 12.6 Å². The van der Waals surface area contributed by atoms with Gasteiger partial charge in [0.1, 0.15) is 36.6 Å². The highest BCUT2D eigenvalue weighted by atomic mass is 32.1. The lowest BCUT2D eigenvalue weighted by Gasteiger charge is -2.44. The Kier molecular flexibility index (Phi) is 6.96. The topological polar surface area (TPSA) is 149 Å². The van der Waals surface area contributed by atoms with E-state index in [4.69, 9.17) is 14.2 Å². The van der Waals surface area contributed by atoms with E-state index in [9.17, 15) is 30.6 Å². The number of thiol groups is 2. The van der Waals surface area contributed by atoms with E-state index in [2.05, 4.69) is 25.3 Å². The van der Waals surface area contributed by atoms with E-state index >= 15 is 0 Å². The van der Waals surface area contributed by atoms with Crippen molar-refractivity contribution < 1.29 is 44.8 Å². The van der Waals surface area contributed by atoms with Crippen molar-refractivity contribution in [3.8, 4) is 0 Å². The Hall–Kier alpha value is 0.340. The molecule has 11 heteroatoms. The molecule has 10 atom stereocenters. The van der Waals surface area contributed by atoms with Crippen LogP contribution in [-0.4, -0.2) is 104 Å². The summed E-state index contributed by atoms with van der Waals surface area (Å²) in [6.07, 6.45) is -13.6. The van der Waals surface area contributed by atoms with Gasteiger partial charge in [-0.05, 0) is 0 Å². The van der Waals surface area contributed by atoms with Crippen LogP contribution in [0.25, 0.3) is 0 Å². The second-order valence-corrected chi connectivity index (χ2v) is 6.26. The molecule has 0 aromatic carbocycles. The minimum atomic E-state index is -1.60. The van der Waals surface area contributed by atoms with Crippen molar-refractivity contribution in [3.63, 3.8) is 0 Å². The highest BCUT2D eigenvalue weighted by Gasteiger charge is 2.49. The van der Waals surface area contributed by atoms with Crippen LogP contribution in [0, 0.1) is 0 Å². The first-order chi connectivity index (χ1) is 10.8. The number of hydrogen-bond acceptors (Lipinski definition) is 11. The SMILES string of the molecule is OC1C(CS)OC(OC2OC(CS)C(O)C(O)C2O)C(O)C1O. The molecule has 0 saturated carbocycles. The fourth-order valence-electron chi connectivity index (χ4n) is 2.49. The number of hydrogen-bond donors (Lipinski definition) is 8. The predicted molar refractivity (Wildman–Crippen MR) is 82.2 cm³/mol. The maximum Gasteiger partial charge on any atom is 0.189 e. The largest absolute Gasteiger partial charge is 0.388 e. The van der Waals surface area contributed by atoms with Gasteiger partial charge < -0.3 is 44.8 Å². The first-order valence-electron chi connectivity index (χ1n) is 7.08. The van der Waals surface area contributed by atoms with E-state index in [-0.39, 0.29) is 11.5 Å². The average Bonchev–Trinajstić information content (AvgIpc) is 2.55. The van der Waals surface area contributed by atoms with Gasteiger partial charge in [-0.1, -0.05) is 0 Å². The van der Waals surface area contributed by atoms with Crippen LogP contribution in [-0.2, 0) is 14.2 Å². The first-order valence-corrected chi connectivity index (χ1v) is 8.34. The fraction of sp³-hybridized carbons (Fsp3) is 1.00. The van der Waals surface area contributed by atoms with Gasteiger partial charge in [-0.25, -0.2) is 0 Å². The molecular weight excluding hydrogens is 352 g/mol. The summed E-state index contributed by atoms with van der Waals surface area (Å²) in [6.45, 7) is 0. The van der Waals surface area contributed by atoms with Crippen molar-refractivity contribution in [2.45, 2.75) is 61.4 Å². The molecule has 23 heavy (non-hydrogen) atoms. The molecule has 0 amide bonds. The first kappa shape index (κ1) is 19.7. The van der Waals surface area contributed by atoms with E-state index in [0.717, 1.165) is 0 Å². The minimum absolute atomic E-state index is 0.0550. The molecule has 0 spiro atoms. The van der Waals surface area contributed by atoms with Crippen molar-refractivity contribution in [1.82, 2.24) is 0 Å². The highest BCUT2D eigenvalue weighted by molar-refractivity contribution is 7.80. The molecule has 2 aliphatic heterocycles. The molecular formula is C12H22O9S2. The van der Waals surface area contributed by atoms with Gasteiger partial charge in [0, 0.05) is 11.5 Å². The van der Waals surface area contributed by atoms with Crippen molar-refractivity contribution in [2.24, 2.45) is 0 Å². The van der Waals surface area contributed by atoms with E-state index in [1.54, 1.807) is 0 Å². The summed E-state index contributed by atoms with van der Waals surface area (Å²) in [6, 6.07) is 0. The number of ether oxygens (including phenoxy) is 3. The zero-order valence-electron chi connectivity index (χ0n) is 12.0. The fourth-order valence-corrected chi connectivity index (χ4v) is 3.10. The third-order valence-electron chi connectivity index (χ3n) is 3.97. The molecule has 136 valence electrons. The maximum absolute atomic E-state index is 9.93. The van der Waals surface area contributed by atoms with Crippen LogP contribution >= 0.6 is 25.3 Å². The summed E-state index contributed by atoms with van der Waals surface area (Å²) in [5.41, 5.74) is 0. The van der Waals surface area contributed by atoms with Crippen LogP contribution in [0.1, 0.15) is 0 Å². The summed E-state index contributed by atoms with van der Waals surface area (Å²) in [5.74, 6) is 0.110. The summed E-state index contributed by atoms with van der Waals surface area (Å²) < 4.78 is 15.9. The van der Waals surface area contributed by atoms with Gasteiger partial charge >= 0.3 is 0 Å². The predicted octanol–water partition coefficient (Wildman–Crippen LogP) is -3.52. The Labute approximate surface area is 143 Å². The summed E-state index contributed by atoms with van der Waals surface area (Å²) in [5, 5.41) is 58.9. The molecule has 6 N–H and O–H groups in total. The van der Waals surface area contributed by atoms with E-state index in [1.165, 1.54) is 0 Å². The molecule has 2 rings (SSSR count). The summed E-state index contributed by atoms with van der Waals surface area (Å²) in [4.78, 5) is 0. The van der Waals surface area contributed by atoms with Gasteiger partial charge in [0.05, 0.1) is 12.2 Å². The normalized spacial score (nSPS) is 51.7. The van der Waals surface area contributed by atoms with Crippen LogP contribution in [0.5, 0.6) is 0 Å². The lowest BCUT2D eigenvalue weighted by Crippen LogP contribution is -2.63. The molecule has 9 nitrogen and oxygen atoms in total. The summed E-state index contributed by atoms with van der Waals surface area (Å²) in [7, 11) is 0. The molecule has 2 aliphatic rings. The standard InChI is InChI=1S/C12H22O9S2/c13-5-3(1-22)19-11(9(17)7(5)15)21-12-10(18)8(16)6(14)4(2-23)20-12/h3-18,22-23H,1-2H2. The van der Waals surface area contributed by atoms with Crippen LogP contribution < -0.4 is 0 Å². The highest BCUT2D eigenvalue weighted by Crippen LogP contribution is 2.28. The van der Waals surface area contributed by atoms with Crippen molar-refractivity contribution in [3.05, 3.63) is 0 Å². The average molecular weight is 374 g/mol. The lowest BCUT2D eigenvalue weighted by molar-refractivity contribution is -0.369. The zero-order chi connectivity index (χ0) is 17.3. The van der Waals surface area contributed by atoms with Gasteiger partial charge in [0.2, 0.25) is 0 Å². The van der Waals surface area contributed by atoms with Crippen molar-refractivity contribution in [2.75, 3.05) is 11.5 Å². The van der Waals surface area contributed by atoms with Crippen molar-refractivity contribution >= 4 is 25.3 Å². The summed E-state index contributed by atoms with van der Waals surface area (Å²) >= 11 is 7.95. The molecule has 2 saturated heterocycles. The number of aliphatic hydroxyl groups excluding tert-OH is 6. The molecule has 10 unspecified atom stereocenters. The van der Waals surface area contributed by atoms with Crippen molar-refractivity contribution in [1.29, 1.82) is 0 Å². The Morgan fingerprint density at radius 1 is 0.609 bits per heavy atom. The molecule has 2 heterocycles. The minimum Gasteiger partial charge on any atom is -0.388 e. The smallest absolute Gasteiger partial charge is 0.189 e. The Balaban J connectivity index is 2.07.